The van der Waals surface area contributed by atoms with Crippen molar-refractivity contribution in [1.82, 2.24) is 0 Å². The molecule has 0 N–H and O–H groups in total. The van der Waals surface area contributed by atoms with E-state index in [0.717, 1.165) is 5.46 Å². The molecule has 0 aliphatic rings. The fraction of sp³-hybridized carbons (Fsp3) is 0.211. The van der Waals surface area contributed by atoms with Gasteiger partial charge in [0, 0.05) is 17.2 Å². The van der Waals surface area contributed by atoms with Crippen LogP contribution in [0.25, 0.3) is 11.0 Å². The molecule has 3 rings (SSSR count). The van der Waals surface area contributed by atoms with E-state index in [-0.39, 0.29) is 25.4 Å². The van der Waals surface area contributed by atoms with Gasteiger partial charge in [0.2, 0.25) is 0 Å². The van der Waals surface area contributed by atoms with E-state index < -0.39 is 17.6 Å². The lowest BCUT2D eigenvalue weighted by Gasteiger charge is -2.13. The van der Waals surface area contributed by atoms with Gasteiger partial charge in [0.1, 0.15) is 37.4 Å². The van der Waals surface area contributed by atoms with Gasteiger partial charge in [0.05, 0.1) is 24.7 Å². The minimum atomic E-state index is -0.505. The lowest BCUT2D eigenvalue weighted by Crippen LogP contribution is -2.11. The second kappa shape index (κ2) is 7.60. The SMILES string of the molecule is Bc1cc(COc2cc(F)ccc2CC(=O)OCC)c(F)c2ccoc12. The largest absolute Gasteiger partial charge is 0.488 e. The molecule has 0 spiro atoms. The summed E-state index contributed by atoms with van der Waals surface area (Å²) < 4.78 is 44.0. The molecule has 26 heavy (non-hydrogen) atoms. The molecule has 0 aliphatic carbocycles. The number of ether oxygens (including phenoxy) is 2. The average molecular weight is 358 g/mol. The summed E-state index contributed by atoms with van der Waals surface area (Å²) >= 11 is 0. The van der Waals surface area contributed by atoms with Crippen molar-refractivity contribution in [1.29, 1.82) is 0 Å². The van der Waals surface area contributed by atoms with Crippen molar-refractivity contribution in [2.24, 2.45) is 0 Å². The number of carbonyl (C=O) groups is 1. The van der Waals surface area contributed by atoms with Crippen LogP contribution in [0.1, 0.15) is 18.1 Å². The van der Waals surface area contributed by atoms with Gasteiger partial charge in [0.15, 0.2) is 0 Å². The van der Waals surface area contributed by atoms with Crippen molar-refractivity contribution in [3.63, 3.8) is 0 Å². The quantitative estimate of drug-likeness (QED) is 0.502. The molecule has 4 nitrogen and oxygen atoms in total. The highest BCUT2D eigenvalue weighted by Crippen LogP contribution is 2.25. The van der Waals surface area contributed by atoms with Crippen LogP contribution in [0.2, 0.25) is 0 Å². The van der Waals surface area contributed by atoms with Crippen molar-refractivity contribution in [3.8, 4) is 5.75 Å². The van der Waals surface area contributed by atoms with Crippen LogP contribution in [-0.2, 0) is 22.6 Å². The van der Waals surface area contributed by atoms with Crippen LogP contribution in [0.4, 0.5) is 8.78 Å². The van der Waals surface area contributed by atoms with Crippen LogP contribution in [-0.4, -0.2) is 20.4 Å². The zero-order valence-corrected chi connectivity index (χ0v) is 14.5. The van der Waals surface area contributed by atoms with Crippen LogP contribution >= 0.6 is 0 Å². The second-order valence-electron chi connectivity index (χ2n) is 5.85. The molecule has 0 radical (unpaired) electrons. The summed E-state index contributed by atoms with van der Waals surface area (Å²) in [5.41, 5.74) is 2.06. The number of esters is 1. The monoisotopic (exact) mass is 358 g/mol. The molecule has 0 saturated carbocycles. The molecule has 0 amide bonds. The van der Waals surface area contributed by atoms with Gasteiger partial charge < -0.3 is 13.9 Å². The fourth-order valence-corrected chi connectivity index (χ4v) is 2.79. The summed E-state index contributed by atoms with van der Waals surface area (Å²) in [6.07, 6.45) is 1.38. The molecule has 1 aromatic heterocycles. The Morgan fingerprint density at radius 2 is 2.00 bits per heavy atom. The van der Waals surface area contributed by atoms with Crippen LogP contribution in [0.15, 0.2) is 41.0 Å². The average Bonchev–Trinajstić information content (AvgIpc) is 3.10. The smallest absolute Gasteiger partial charge is 0.310 e. The first-order valence-electron chi connectivity index (χ1n) is 8.21. The van der Waals surface area contributed by atoms with Crippen molar-refractivity contribution in [2.45, 2.75) is 20.0 Å². The Morgan fingerprint density at radius 1 is 1.19 bits per heavy atom. The zero-order valence-electron chi connectivity index (χ0n) is 14.5. The Morgan fingerprint density at radius 3 is 2.77 bits per heavy atom. The molecule has 0 atom stereocenters. The summed E-state index contributed by atoms with van der Waals surface area (Å²) in [6, 6.07) is 7.06. The number of rotatable bonds is 6. The third-order valence-electron chi connectivity index (χ3n) is 3.99. The first kappa shape index (κ1) is 18.0. The lowest BCUT2D eigenvalue weighted by molar-refractivity contribution is -0.142. The zero-order chi connectivity index (χ0) is 18.7. The van der Waals surface area contributed by atoms with Gasteiger partial charge in [-0.2, -0.15) is 0 Å². The molecule has 0 fully saturated rings. The number of benzene rings is 2. The second-order valence-corrected chi connectivity index (χ2v) is 5.85. The van der Waals surface area contributed by atoms with E-state index in [4.69, 9.17) is 13.9 Å². The molecule has 134 valence electrons. The normalized spacial score (nSPS) is 10.9. The molecule has 0 bridgehead atoms. The van der Waals surface area contributed by atoms with Gasteiger partial charge in [-0.25, -0.2) is 8.78 Å². The summed E-state index contributed by atoms with van der Waals surface area (Å²) in [5, 5.41) is 0.370. The van der Waals surface area contributed by atoms with Crippen molar-refractivity contribution in [3.05, 3.63) is 59.4 Å². The molecule has 0 unspecified atom stereocenters. The van der Waals surface area contributed by atoms with Gasteiger partial charge in [-0.1, -0.05) is 12.1 Å². The van der Waals surface area contributed by atoms with E-state index in [1.807, 2.05) is 7.85 Å². The predicted molar refractivity (Wildman–Crippen MR) is 95.4 cm³/mol. The van der Waals surface area contributed by atoms with E-state index in [2.05, 4.69) is 0 Å². The van der Waals surface area contributed by atoms with Gasteiger partial charge in [-0.3, -0.25) is 4.79 Å². The van der Waals surface area contributed by atoms with E-state index >= 15 is 0 Å². The fourth-order valence-electron chi connectivity index (χ4n) is 2.79. The first-order chi connectivity index (χ1) is 12.5. The third-order valence-corrected chi connectivity index (χ3v) is 3.99. The highest BCUT2D eigenvalue weighted by atomic mass is 19.1. The number of hydrogen-bond donors (Lipinski definition) is 0. The Balaban J connectivity index is 1.84. The number of carbonyl (C=O) groups excluding carboxylic acids is 1. The van der Waals surface area contributed by atoms with E-state index in [1.165, 1.54) is 24.5 Å². The van der Waals surface area contributed by atoms with Crippen LogP contribution in [0.5, 0.6) is 5.75 Å². The number of halogens is 2. The molecule has 1 heterocycles. The molecule has 7 heteroatoms. The third kappa shape index (κ3) is 3.71. The highest BCUT2D eigenvalue weighted by molar-refractivity contribution is 6.38. The summed E-state index contributed by atoms with van der Waals surface area (Å²) in [6.45, 7) is 1.86. The van der Waals surface area contributed by atoms with Crippen molar-refractivity contribution >= 4 is 30.2 Å². The first-order valence-corrected chi connectivity index (χ1v) is 8.21. The Labute approximate surface area is 150 Å². The van der Waals surface area contributed by atoms with E-state index in [9.17, 15) is 13.6 Å². The van der Waals surface area contributed by atoms with Gasteiger partial charge in [-0.05, 0) is 24.5 Å². The Kier molecular flexibility index (Phi) is 5.25. The molecule has 3 aromatic rings. The molecular formula is C19H17BF2O4. The van der Waals surface area contributed by atoms with Gasteiger partial charge in [-0.15, -0.1) is 0 Å². The molecule has 2 aromatic carbocycles. The number of hydrogen-bond acceptors (Lipinski definition) is 4. The maximum Gasteiger partial charge on any atom is 0.310 e. The van der Waals surface area contributed by atoms with Gasteiger partial charge in [0.25, 0.3) is 0 Å². The number of fused-ring (bicyclic) bond motifs is 1. The summed E-state index contributed by atoms with van der Waals surface area (Å²) in [5.74, 6) is -1.20. The van der Waals surface area contributed by atoms with Crippen LogP contribution in [0.3, 0.4) is 0 Å². The minimum absolute atomic E-state index is 0.0499. The summed E-state index contributed by atoms with van der Waals surface area (Å²) in [7, 11) is 1.81. The molecular weight excluding hydrogens is 341 g/mol. The maximum atomic E-state index is 14.6. The Hall–Kier alpha value is -2.83. The topological polar surface area (TPSA) is 48.7 Å². The minimum Gasteiger partial charge on any atom is -0.488 e. The standard InChI is InChI=1S/C19H17BF2O4/c1-2-24-17(23)8-11-3-4-13(21)9-16(11)26-10-12-7-15(20)19-14(18(12)22)5-6-25-19/h3-7,9H,2,8,10,20H2,1H3. The highest BCUT2D eigenvalue weighted by Gasteiger charge is 2.15. The van der Waals surface area contributed by atoms with Gasteiger partial charge >= 0.3 is 5.97 Å². The van der Waals surface area contributed by atoms with Crippen LogP contribution < -0.4 is 10.2 Å². The number of furan rings is 1. The lowest BCUT2D eigenvalue weighted by atomic mass is 9.92. The maximum absolute atomic E-state index is 14.6. The van der Waals surface area contributed by atoms with E-state index in [1.54, 1.807) is 19.1 Å². The van der Waals surface area contributed by atoms with Crippen molar-refractivity contribution < 1.29 is 27.5 Å². The van der Waals surface area contributed by atoms with Crippen LogP contribution in [0, 0.1) is 11.6 Å². The Bertz CT molecular complexity index is 952. The predicted octanol–water partition coefficient (Wildman–Crippen LogP) is 2.65. The molecule has 0 aliphatic heterocycles. The van der Waals surface area contributed by atoms with Crippen molar-refractivity contribution in [2.75, 3.05) is 6.61 Å². The molecule has 0 saturated heterocycles. The van der Waals surface area contributed by atoms with E-state index in [0.29, 0.717) is 22.1 Å². The summed E-state index contributed by atoms with van der Waals surface area (Å²) in [4.78, 5) is 11.7.